The van der Waals surface area contributed by atoms with Gasteiger partial charge in [-0.25, -0.2) is 8.42 Å². The molecule has 0 spiro atoms. The van der Waals surface area contributed by atoms with Crippen LogP contribution in [0.1, 0.15) is 29.8 Å². The van der Waals surface area contributed by atoms with Crippen molar-refractivity contribution in [3.05, 3.63) is 41.1 Å². The Morgan fingerprint density at radius 1 is 1.18 bits per heavy atom. The third-order valence-electron chi connectivity index (χ3n) is 4.14. The highest BCUT2D eigenvalue weighted by Crippen LogP contribution is 2.37. The van der Waals surface area contributed by atoms with Crippen LogP contribution in [-0.4, -0.2) is 37.5 Å². The lowest BCUT2D eigenvalue weighted by atomic mass is 10.2. The molecule has 28 heavy (non-hydrogen) atoms. The van der Waals surface area contributed by atoms with Gasteiger partial charge in [0.2, 0.25) is 5.09 Å². The number of hydrogen-bond donors (Lipinski definition) is 1. The Morgan fingerprint density at radius 2 is 1.89 bits per heavy atom. The molecule has 0 bridgehead atoms. The predicted molar refractivity (Wildman–Crippen MR) is 103 cm³/mol. The highest BCUT2D eigenvalue weighted by atomic mass is 35.5. The van der Waals surface area contributed by atoms with Crippen molar-refractivity contribution < 1.29 is 26.4 Å². The molecule has 1 aromatic carbocycles. The maximum absolute atomic E-state index is 12.8. The number of piperidine rings is 1. The molecular formula is C17H17ClF2N2O4S2. The minimum absolute atomic E-state index is 0.0141. The summed E-state index contributed by atoms with van der Waals surface area (Å²) < 4.78 is 57.3. The standard InChI is InChI=1S/C17H17ClF2N2O4S2/c18-11-5-4-6-12(15(11)27-17(19)20)21-16(23)13-7-8-14(26-13)28(24,25)22-9-2-1-3-10-22/h4-8,17H,1-3,9-10H2,(H,21,23). The van der Waals surface area contributed by atoms with Crippen LogP contribution in [0.15, 0.2) is 44.7 Å². The second-order valence-corrected chi connectivity index (χ2v) is 9.31. The molecule has 1 aliphatic rings. The van der Waals surface area contributed by atoms with Crippen LogP contribution < -0.4 is 5.32 Å². The molecule has 1 fully saturated rings. The Bertz CT molecular complexity index is 960. The van der Waals surface area contributed by atoms with E-state index in [9.17, 15) is 22.0 Å². The van der Waals surface area contributed by atoms with Gasteiger partial charge in [0.15, 0.2) is 5.76 Å². The summed E-state index contributed by atoms with van der Waals surface area (Å²) in [5.74, 6) is -3.73. The molecule has 1 N–H and O–H groups in total. The summed E-state index contributed by atoms with van der Waals surface area (Å²) in [7, 11) is -3.82. The number of thioether (sulfide) groups is 1. The molecular weight excluding hydrogens is 434 g/mol. The molecule has 152 valence electrons. The molecule has 1 saturated heterocycles. The van der Waals surface area contributed by atoms with E-state index in [2.05, 4.69) is 5.32 Å². The van der Waals surface area contributed by atoms with Gasteiger partial charge in [-0.05, 0) is 37.1 Å². The number of anilines is 1. The number of carbonyl (C=O) groups excluding carboxylic acids is 1. The lowest BCUT2D eigenvalue weighted by Crippen LogP contribution is -2.35. The predicted octanol–water partition coefficient (Wildman–Crippen LogP) is 4.67. The van der Waals surface area contributed by atoms with Gasteiger partial charge in [0, 0.05) is 13.1 Å². The lowest BCUT2D eigenvalue weighted by molar-refractivity contribution is 0.0991. The SMILES string of the molecule is O=C(Nc1cccc(Cl)c1SC(F)F)c1ccc(S(=O)(=O)N2CCCCC2)o1. The number of rotatable bonds is 6. The maximum atomic E-state index is 12.8. The number of benzene rings is 1. The first-order valence-corrected chi connectivity index (χ1v) is 11.1. The molecule has 0 radical (unpaired) electrons. The summed E-state index contributed by atoms with van der Waals surface area (Å²) in [6.07, 6.45) is 2.51. The van der Waals surface area contributed by atoms with Gasteiger partial charge < -0.3 is 9.73 Å². The first-order valence-electron chi connectivity index (χ1n) is 8.43. The first-order chi connectivity index (χ1) is 13.3. The molecule has 11 heteroatoms. The van der Waals surface area contributed by atoms with Gasteiger partial charge in [-0.1, -0.05) is 35.9 Å². The average molecular weight is 451 g/mol. The van der Waals surface area contributed by atoms with Crippen molar-refractivity contribution in [1.29, 1.82) is 0 Å². The van der Waals surface area contributed by atoms with E-state index in [0.29, 0.717) is 13.1 Å². The summed E-state index contributed by atoms with van der Waals surface area (Å²) in [6.45, 7) is 0.808. The van der Waals surface area contributed by atoms with Gasteiger partial charge in [-0.3, -0.25) is 4.79 Å². The Balaban J connectivity index is 1.79. The number of nitrogens with one attached hydrogen (secondary N) is 1. The Hall–Kier alpha value is -1.62. The second-order valence-electron chi connectivity index (χ2n) is 6.03. The van der Waals surface area contributed by atoms with Crippen molar-refractivity contribution in [3.63, 3.8) is 0 Å². The molecule has 1 aliphatic heterocycles. The van der Waals surface area contributed by atoms with Crippen LogP contribution in [0.3, 0.4) is 0 Å². The zero-order chi connectivity index (χ0) is 20.3. The van der Waals surface area contributed by atoms with Crippen molar-refractivity contribution in [3.8, 4) is 0 Å². The highest BCUT2D eigenvalue weighted by Gasteiger charge is 2.30. The van der Waals surface area contributed by atoms with Gasteiger partial charge >= 0.3 is 0 Å². The molecule has 1 amide bonds. The normalized spacial score (nSPS) is 15.7. The van der Waals surface area contributed by atoms with Crippen LogP contribution in [0.2, 0.25) is 5.02 Å². The van der Waals surface area contributed by atoms with Crippen molar-refractivity contribution in [1.82, 2.24) is 4.31 Å². The smallest absolute Gasteiger partial charge is 0.291 e. The lowest BCUT2D eigenvalue weighted by Gasteiger charge is -2.24. The molecule has 1 aromatic heterocycles. The average Bonchev–Trinajstić information content (AvgIpc) is 3.16. The van der Waals surface area contributed by atoms with Gasteiger partial charge in [0.25, 0.3) is 21.7 Å². The van der Waals surface area contributed by atoms with Gasteiger partial charge in [-0.2, -0.15) is 13.1 Å². The molecule has 2 aromatic rings. The molecule has 0 saturated carbocycles. The number of carbonyl (C=O) groups is 1. The van der Waals surface area contributed by atoms with Gasteiger partial charge in [-0.15, -0.1) is 0 Å². The van der Waals surface area contributed by atoms with E-state index >= 15 is 0 Å². The van der Waals surface area contributed by atoms with Crippen LogP contribution in [-0.2, 0) is 10.0 Å². The van der Waals surface area contributed by atoms with Crippen molar-refractivity contribution >= 4 is 45.0 Å². The fraction of sp³-hybridized carbons (Fsp3) is 0.353. The second kappa shape index (κ2) is 8.81. The molecule has 0 atom stereocenters. The third-order valence-corrected chi connectivity index (χ3v) is 7.19. The summed E-state index contributed by atoms with van der Waals surface area (Å²) >= 11 is 6.14. The summed E-state index contributed by atoms with van der Waals surface area (Å²) in [5.41, 5.74) is 0.0830. The zero-order valence-electron chi connectivity index (χ0n) is 14.5. The van der Waals surface area contributed by atoms with Crippen molar-refractivity contribution in [2.24, 2.45) is 0 Å². The fourth-order valence-electron chi connectivity index (χ4n) is 2.81. The van der Waals surface area contributed by atoms with E-state index in [4.69, 9.17) is 16.0 Å². The summed E-state index contributed by atoms with van der Waals surface area (Å²) in [5, 5.41) is 2.18. The molecule has 3 rings (SSSR count). The minimum atomic E-state index is -3.82. The summed E-state index contributed by atoms with van der Waals surface area (Å²) in [6, 6.07) is 6.80. The van der Waals surface area contributed by atoms with E-state index in [-0.39, 0.29) is 38.2 Å². The Morgan fingerprint density at radius 3 is 2.57 bits per heavy atom. The van der Waals surface area contributed by atoms with E-state index in [0.717, 1.165) is 19.3 Å². The number of sulfonamides is 1. The number of furan rings is 1. The van der Waals surface area contributed by atoms with Gasteiger partial charge in [0.05, 0.1) is 15.6 Å². The number of amides is 1. The number of nitrogens with zero attached hydrogens (tertiary/aromatic N) is 1. The van der Waals surface area contributed by atoms with Crippen LogP contribution in [0.5, 0.6) is 0 Å². The largest absolute Gasteiger partial charge is 0.438 e. The molecule has 6 nitrogen and oxygen atoms in total. The van der Waals surface area contributed by atoms with Crippen LogP contribution in [0.4, 0.5) is 14.5 Å². The minimum Gasteiger partial charge on any atom is -0.438 e. The van der Waals surface area contributed by atoms with E-state index < -0.39 is 21.7 Å². The van der Waals surface area contributed by atoms with Crippen molar-refractivity contribution in [2.45, 2.75) is 35.0 Å². The van der Waals surface area contributed by atoms with E-state index in [1.165, 1.54) is 34.6 Å². The third kappa shape index (κ3) is 4.68. The highest BCUT2D eigenvalue weighted by molar-refractivity contribution is 7.99. The fourth-order valence-corrected chi connectivity index (χ4v) is 5.15. The van der Waals surface area contributed by atoms with Crippen LogP contribution >= 0.6 is 23.4 Å². The van der Waals surface area contributed by atoms with Crippen LogP contribution in [0.25, 0.3) is 0 Å². The molecule has 2 heterocycles. The van der Waals surface area contributed by atoms with Gasteiger partial charge in [0.1, 0.15) is 0 Å². The molecule has 0 unspecified atom stereocenters. The number of hydrogen-bond acceptors (Lipinski definition) is 5. The summed E-state index contributed by atoms with van der Waals surface area (Å²) in [4.78, 5) is 12.4. The topological polar surface area (TPSA) is 79.6 Å². The molecule has 0 aliphatic carbocycles. The zero-order valence-corrected chi connectivity index (χ0v) is 16.9. The Kier molecular flexibility index (Phi) is 6.64. The number of alkyl halides is 2. The first kappa shape index (κ1) is 21.1. The van der Waals surface area contributed by atoms with E-state index in [1.807, 2.05) is 0 Å². The van der Waals surface area contributed by atoms with E-state index in [1.54, 1.807) is 0 Å². The van der Waals surface area contributed by atoms with Crippen molar-refractivity contribution in [2.75, 3.05) is 18.4 Å². The van der Waals surface area contributed by atoms with Crippen LogP contribution in [0, 0.1) is 0 Å². The number of halogens is 3. The maximum Gasteiger partial charge on any atom is 0.291 e. The Labute approximate surface area is 170 Å². The monoisotopic (exact) mass is 450 g/mol. The quantitative estimate of drug-likeness (QED) is 0.646.